The molecule has 1 rings (SSSR count). The summed E-state index contributed by atoms with van der Waals surface area (Å²) in [5.41, 5.74) is 0.746. The van der Waals surface area contributed by atoms with Gasteiger partial charge in [-0.3, -0.25) is 0 Å². The highest BCUT2D eigenvalue weighted by Crippen LogP contribution is 2.07. The number of halogens is 2. The number of alkyl halides is 2. The fourth-order valence-electron chi connectivity index (χ4n) is 0.540. The van der Waals surface area contributed by atoms with Gasteiger partial charge in [0.25, 0.3) is 0 Å². The summed E-state index contributed by atoms with van der Waals surface area (Å²) in [6.45, 7) is -0.801. The van der Waals surface area contributed by atoms with Crippen molar-refractivity contribution >= 4 is 0 Å². The summed E-state index contributed by atoms with van der Waals surface area (Å²) in [5.74, 6) is 0. The number of aryl methyl sites for hydroxylation is 1. The van der Waals surface area contributed by atoms with Crippen LogP contribution in [0.3, 0.4) is 0 Å². The fraction of sp³-hybridized carbons (Fsp3) is 0.400. The van der Waals surface area contributed by atoms with Gasteiger partial charge in [-0.1, -0.05) is 0 Å². The van der Waals surface area contributed by atoms with Crippen LogP contribution in [0, 0.1) is 6.92 Å². The normalized spacial score (nSPS) is 10.7. The first-order valence-corrected chi connectivity index (χ1v) is 2.49. The topological polar surface area (TPSA) is 17.8 Å². The molecule has 1 aromatic rings. The van der Waals surface area contributed by atoms with Crippen LogP contribution in [0.5, 0.6) is 0 Å². The molecule has 0 N–H and O–H groups in total. The van der Waals surface area contributed by atoms with E-state index < -0.39 is 6.55 Å². The Bertz CT molecular complexity index is 195. The summed E-state index contributed by atoms with van der Waals surface area (Å²) < 4.78 is 24.0. The van der Waals surface area contributed by atoms with Crippen molar-refractivity contribution < 1.29 is 8.78 Å². The van der Waals surface area contributed by atoms with E-state index in [1.54, 1.807) is 6.92 Å². The van der Waals surface area contributed by atoms with Crippen LogP contribution in [-0.4, -0.2) is 9.78 Å². The van der Waals surface area contributed by atoms with Crippen LogP contribution in [0.25, 0.3) is 0 Å². The quantitative estimate of drug-likeness (QED) is 0.567. The van der Waals surface area contributed by atoms with Gasteiger partial charge >= 0.3 is 6.55 Å². The van der Waals surface area contributed by atoms with E-state index in [4.69, 9.17) is 0 Å². The first kappa shape index (κ1) is 6.19. The molecule has 9 heavy (non-hydrogen) atoms. The average molecular weight is 132 g/mol. The maximum atomic E-state index is 11.7. The van der Waals surface area contributed by atoms with Gasteiger partial charge in [-0.25, -0.2) is 4.68 Å². The lowest BCUT2D eigenvalue weighted by Crippen LogP contribution is -1.96. The van der Waals surface area contributed by atoms with Crippen molar-refractivity contribution in [1.29, 1.82) is 0 Å². The molecular weight excluding hydrogens is 126 g/mol. The number of nitrogens with zero attached hydrogens (tertiary/aromatic N) is 2. The molecule has 2 nitrogen and oxygen atoms in total. The summed E-state index contributed by atoms with van der Waals surface area (Å²) in [6.07, 6.45) is 2.69. The highest BCUT2D eigenvalue weighted by atomic mass is 19.3. The Morgan fingerprint density at radius 2 is 2.33 bits per heavy atom. The summed E-state index contributed by atoms with van der Waals surface area (Å²) in [4.78, 5) is 0. The highest BCUT2D eigenvalue weighted by molar-refractivity contribution is 4.99. The Labute approximate surface area is 51.1 Å². The van der Waals surface area contributed by atoms with Gasteiger partial charge in [0.15, 0.2) is 0 Å². The largest absolute Gasteiger partial charge is 0.333 e. The summed E-state index contributed by atoms with van der Waals surface area (Å²) in [5, 5.41) is 3.38. The number of rotatable bonds is 1. The summed E-state index contributed by atoms with van der Waals surface area (Å²) >= 11 is 0. The molecule has 4 heteroatoms. The first-order chi connectivity index (χ1) is 4.20. The molecule has 0 radical (unpaired) electrons. The van der Waals surface area contributed by atoms with Crippen LogP contribution in [0.1, 0.15) is 12.1 Å². The lowest BCUT2D eigenvalue weighted by atomic mass is 10.4. The zero-order valence-corrected chi connectivity index (χ0v) is 4.88. The van der Waals surface area contributed by atoms with Gasteiger partial charge in [0.05, 0.1) is 6.20 Å². The maximum Gasteiger partial charge on any atom is 0.333 e. The number of hydrogen-bond donors (Lipinski definition) is 0. The van der Waals surface area contributed by atoms with Gasteiger partial charge in [-0.2, -0.15) is 13.9 Å². The zero-order valence-electron chi connectivity index (χ0n) is 4.88. The van der Waals surface area contributed by atoms with Crippen LogP contribution in [0.15, 0.2) is 12.4 Å². The van der Waals surface area contributed by atoms with Crippen molar-refractivity contribution in [1.82, 2.24) is 9.78 Å². The molecule has 0 aromatic carbocycles. The molecule has 0 aliphatic carbocycles. The van der Waals surface area contributed by atoms with Crippen molar-refractivity contribution in [3.05, 3.63) is 18.0 Å². The predicted molar refractivity (Wildman–Crippen MR) is 28.2 cm³/mol. The van der Waals surface area contributed by atoms with Gasteiger partial charge in [-0.15, -0.1) is 0 Å². The third-order valence-corrected chi connectivity index (χ3v) is 0.931. The van der Waals surface area contributed by atoms with Crippen LogP contribution >= 0.6 is 0 Å². The monoisotopic (exact) mass is 132 g/mol. The Kier molecular flexibility index (Phi) is 1.46. The van der Waals surface area contributed by atoms with Crippen molar-refractivity contribution in [3.63, 3.8) is 0 Å². The van der Waals surface area contributed by atoms with E-state index in [1.165, 1.54) is 12.4 Å². The molecule has 0 aliphatic rings. The van der Waals surface area contributed by atoms with Crippen molar-refractivity contribution in [2.24, 2.45) is 0 Å². The Hall–Kier alpha value is -0.930. The maximum absolute atomic E-state index is 11.7. The molecule has 1 aromatic heterocycles. The van der Waals surface area contributed by atoms with Crippen molar-refractivity contribution in [3.8, 4) is 0 Å². The van der Waals surface area contributed by atoms with Gasteiger partial charge < -0.3 is 0 Å². The molecule has 0 unspecified atom stereocenters. The molecule has 50 valence electrons. The molecule has 0 aliphatic heterocycles. The SMILES string of the molecule is Cc1cnn(C(F)F)c1. The summed E-state index contributed by atoms with van der Waals surface area (Å²) in [6, 6.07) is 0. The molecule has 0 spiro atoms. The van der Waals surface area contributed by atoms with Crippen LogP contribution in [0.2, 0.25) is 0 Å². The average Bonchev–Trinajstić information content (AvgIpc) is 2.14. The van der Waals surface area contributed by atoms with E-state index in [2.05, 4.69) is 5.10 Å². The minimum absolute atomic E-state index is 0.620. The van der Waals surface area contributed by atoms with Gasteiger partial charge in [0.2, 0.25) is 0 Å². The third-order valence-electron chi connectivity index (χ3n) is 0.931. The zero-order chi connectivity index (χ0) is 6.85. The van der Waals surface area contributed by atoms with Crippen LogP contribution in [0.4, 0.5) is 8.78 Å². The van der Waals surface area contributed by atoms with Crippen LogP contribution in [-0.2, 0) is 0 Å². The van der Waals surface area contributed by atoms with Gasteiger partial charge in [-0.05, 0) is 12.5 Å². The standard InChI is InChI=1S/C5H6F2N2/c1-4-2-8-9(3-4)5(6)7/h2-3,5H,1H3. The highest BCUT2D eigenvalue weighted by Gasteiger charge is 2.03. The molecular formula is C5H6F2N2. The molecule has 0 saturated heterocycles. The summed E-state index contributed by atoms with van der Waals surface area (Å²) in [7, 11) is 0. The van der Waals surface area contributed by atoms with Crippen molar-refractivity contribution in [2.45, 2.75) is 13.5 Å². The second-order valence-corrected chi connectivity index (χ2v) is 1.78. The Balaban J connectivity index is 2.85. The minimum atomic E-state index is -2.52. The molecule has 0 fully saturated rings. The Morgan fingerprint density at radius 3 is 2.56 bits per heavy atom. The van der Waals surface area contributed by atoms with E-state index in [0.29, 0.717) is 4.68 Å². The lowest BCUT2D eigenvalue weighted by Gasteiger charge is -1.94. The lowest BCUT2D eigenvalue weighted by molar-refractivity contribution is 0.0565. The van der Waals surface area contributed by atoms with Gasteiger partial charge in [0.1, 0.15) is 0 Å². The van der Waals surface area contributed by atoms with E-state index in [0.717, 1.165) is 5.56 Å². The van der Waals surface area contributed by atoms with Crippen molar-refractivity contribution in [2.75, 3.05) is 0 Å². The fourth-order valence-corrected chi connectivity index (χ4v) is 0.540. The van der Waals surface area contributed by atoms with E-state index in [9.17, 15) is 8.78 Å². The van der Waals surface area contributed by atoms with E-state index in [1.807, 2.05) is 0 Å². The first-order valence-electron chi connectivity index (χ1n) is 2.49. The molecule has 0 amide bonds. The second-order valence-electron chi connectivity index (χ2n) is 1.78. The predicted octanol–water partition coefficient (Wildman–Crippen LogP) is 1.59. The molecule has 0 bridgehead atoms. The van der Waals surface area contributed by atoms with E-state index >= 15 is 0 Å². The second kappa shape index (κ2) is 2.13. The Morgan fingerprint density at radius 1 is 1.67 bits per heavy atom. The smallest absolute Gasteiger partial charge is 0.211 e. The molecule has 0 atom stereocenters. The van der Waals surface area contributed by atoms with Crippen LogP contribution < -0.4 is 0 Å². The molecule has 1 heterocycles. The minimum Gasteiger partial charge on any atom is -0.211 e. The number of aromatic nitrogens is 2. The van der Waals surface area contributed by atoms with E-state index in [-0.39, 0.29) is 0 Å². The molecule has 0 saturated carbocycles. The number of hydrogen-bond acceptors (Lipinski definition) is 1. The third kappa shape index (κ3) is 1.25. The van der Waals surface area contributed by atoms with Gasteiger partial charge in [0, 0.05) is 6.20 Å².